The highest BCUT2D eigenvalue weighted by Crippen LogP contribution is 2.15. The third-order valence-electron chi connectivity index (χ3n) is 2.14. The summed E-state index contributed by atoms with van der Waals surface area (Å²) in [5, 5.41) is 2.89. The molecule has 1 amide bonds. The fourth-order valence-corrected chi connectivity index (χ4v) is 1.73. The highest BCUT2D eigenvalue weighted by atomic mass is 79.9. The summed E-state index contributed by atoms with van der Waals surface area (Å²) < 4.78 is 5.72. The van der Waals surface area contributed by atoms with E-state index in [9.17, 15) is 4.79 Å². The van der Waals surface area contributed by atoms with E-state index >= 15 is 0 Å². The zero-order chi connectivity index (χ0) is 9.97. The van der Waals surface area contributed by atoms with Gasteiger partial charge < -0.3 is 9.73 Å². The Bertz CT molecular complexity index is 362. The fraction of sp³-hybridized carbons (Fsp3) is 0.300. The second-order valence-electron chi connectivity index (χ2n) is 3.22. The Labute approximate surface area is 90.3 Å². The van der Waals surface area contributed by atoms with Crippen molar-refractivity contribution in [2.45, 2.75) is 18.9 Å². The molecule has 0 aliphatic heterocycles. The van der Waals surface area contributed by atoms with Gasteiger partial charge in [0.2, 0.25) is 0 Å². The van der Waals surface area contributed by atoms with E-state index < -0.39 is 0 Å². The second kappa shape index (κ2) is 4.00. The molecule has 0 radical (unpaired) electrons. The SMILES string of the molecule is O=C(NC1CC=CC1)c1ccc(Br)o1. The van der Waals surface area contributed by atoms with E-state index in [-0.39, 0.29) is 11.9 Å². The molecule has 0 spiro atoms. The average Bonchev–Trinajstić information content (AvgIpc) is 2.75. The molecule has 2 rings (SSSR count). The molecule has 14 heavy (non-hydrogen) atoms. The van der Waals surface area contributed by atoms with Gasteiger partial charge in [-0.1, -0.05) is 12.2 Å². The van der Waals surface area contributed by atoms with Gasteiger partial charge >= 0.3 is 0 Å². The monoisotopic (exact) mass is 255 g/mol. The van der Waals surface area contributed by atoms with E-state index in [1.54, 1.807) is 12.1 Å². The zero-order valence-electron chi connectivity index (χ0n) is 7.50. The number of carbonyl (C=O) groups is 1. The molecule has 0 atom stereocenters. The third kappa shape index (κ3) is 2.07. The van der Waals surface area contributed by atoms with Crippen molar-refractivity contribution in [2.24, 2.45) is 0 Å². The van der Waals surface area contributed by atoms with Gasteiger partial charge in [0, 0.05) is 6.04 Å². The van der Waals surface area contributed by atoms with Gasteiger partial charge in [-0.3, -0.25) is 4.79 Å². The van der Waals surface area contributed by atoms with Crippen LogP contribution in [0.3, 0.4) is 0 Å². The van der Waals surface area contributed by atoms with Gasteiger partial charge in [0.25, 0.3) is 5.91 Å². The van der Waals surface area contributed by atoms with Crippen LogP contribution in [0.25, 0.3) is 0 Å². The van der Waals surface area contributed by atoms with Gasteiger partial charge in [-0.25, -0.2) is 0 Å². The van der Waals surface area contributed by atoms with Crippen molar-refractivity contribution in [2.75, 3.05) is 0 Å². The van der Waals surface area contributed by atoms with Crippen LogP contribution in [0.15, 0.2) is 33.4 Å². The standard InChI is InChI=1S/C10H10BrNO2/c11-9-6-5-8(14-9)10(13)12-7-3-1-2-4-7/h1-2,5-7H,3-4H2,(H,12,13). The lowest BCUT2D eigenvalue weighted by Gasteiger charge is -2.09. The molecular formula is C10H10BrNO2. The lowest BCUT2D eigenvalue weighted by molar-refractivity contribution is 0.0909. The Hall–Kier alpha value is -1.03. The number of carbonyl (C=O) groups excluding carboxylic acids is 1. The zero-order valence-corrected chi connectivity index (χ0v) is 9.08. The Morgan fingerprint density at radius 2 is 2.14 bits per heavy atom. The molecule has 0 unspecified atom stereocenters. The van der Waals surface area contributed by atoms with Gasteiger partial charge in [0.05, 0.1) is 0 Å². The molecule has 3 nitrogen and oxygen atoms in total. The Morgan fingerprint density at radius 1 is 1.43 bits per heavy atom. The minimum absolute atomic E-state index is 0.149. The van der Waals surface area contributed by atoms with Crippen LogP contribution in [0.2, 0.25) is 0 Å². The lowest BCUT2D eigenvalue weighted by Crippen LogP contribution is -2.32. The van der Waals surface area contributed by atoms with Crippen molar-refractivity contribution in [3.05, 3.63) is 34.7 Å². The van der Waals surface area contributed by atoms with Crippen LogP contribution in [0.4, 0.5) is 0 Å². The van der Waals surface area contributed by atoms with Crippen molar-refractivity contribution in [1.82, 2.24) is 5.32 Å². The highest BCUT2D eigenvalue weighted by Gasteiger charge is 2.16. The van der Waals surface area contributed by atoms with Crippen LogP contribution in [-0.4, -0.2) is 11.9 Å². The van der Waals surface area contributed by atoms with E-state index in [1.165, 1.54) is 0 Å². The maximum absolute atomic E-state index is 11.6. The normalized spacial score (nSPS) is 16.1. The number of hydrogen-bond acceptors (Lipinski definition) is 2. The summed E-state index contributed by atoms with van der Waals surface area (Å²) in [6, 6.07) is 3.59. The van der Waals surface area contributed by atoms with Gasteiger partial charge in [-0.05, 0) is 40.9 Å². The second-order valence-corrected chi connectivity index (χ2v) is 4.00. The Morgan fingerprint density at radius 3 is 2.71 bits per heavy atom. The van der Waals surface area contributed by atoms with Crippen LogP contribution in [-0.2, 0) is 0 Å². The molecular weight excluding hydrogens is 246 g/mol. The van der Waals surface area contributed by atoms with Crippen LogP contribution in [0.5, 0.6) is 0 Å². The largest absolute Gasteiger partial charge is 0.444 e. The van der Waals surface area contributed by atoms with Crippen LogP contribution in [0, 0.1) is 0 Å². The molecule has 0 fully saturated rings. The van der Waals surface area contributed by atoms with Crippen molar-refractivity contribution in [1.29, 1.82) is 0 Å². The number of halogens is 1. The van der Waals surface area contributed by atoms with Crippen molar-refractivity contribution in [3.63, 3.8) is 0 Å². The molecule has 0 saturated heterocycles. The molecule has 4 heteroatoms. The molecule has 1 aliphatic carbocycles. The van der Waals surface area contributed by atoms with Crippen molar-refractivity contribution < 1.29 is 9.21 Å². The summed E-state index contributed by atoms with van der Waals surface area (Å²) in [7, 11) is 0. The average molecular weight is 256 g/mol. The molecule has 1 aromatic rings. The molecule has 1 aliphatic rings. The van der Waals surface area contributed by atoms with Gasteiger partial charge in [-0.2, -0.15) is 0 Å². The summed E-state index contributed by atoms with van der Waals surface area (Å²) in [6.07, 6.45) is 5.97. The number of furan rings is 1. The lowest BCUT2D eigenvalue weighted by atomic mass is 10.2. The minimum atomic E-state index is -0.149. The van der Waals surface area contributed by atoms with Gasteiger partial charge in [0.1, 0.15) is 0 Å². The Kier molecular flexibility index (Phi) is 2.72. The predicted octanol–water partition coefficient (Wildman–Crippen LogP) is 2.49. The van der Waals surface area contributed by atoms with Gasteiger partial charge in [0.15, 0.2) is 10.4 Å². The number of nitrogens with one attached hydrogen (secondary N) is 1. The minimum Gasteiger partial charge on any atom is -0.444 e. The van der Waals surface area contributed by atoms with E-state index in [1.807, 2.05) is 0 Å². The molecule has 0 aromatic carbocycles. The first-order valence-corrected chi connectivity index (χ1v) is 5.26. The summed E-state index contributed by atoms with van der Waals surface area (Å²) in [5.74, 6) is 0.202. The van der Waals surface area contributed by atoms with Crippen LogP contribution < -0.4 is 5.32 Å². The van der Waals surface area contributed by atoms with Crippen molar-refractivity contribution >= 4 is 21.8 Å². The number of rotatable bonds is 2. The van der Waals surface area contributed by atoms with Crippen LogP contribution >= 0.6 is 15.9 Å². The molecule has 1 aromatic heterocycles. The molecule has 74 valence electrons. The van der Waals surface area contributed by atoms with E-state index in [0.29, 0.717) is 10.4 Å². The van der Waals surface area contributed by atoms with E-state index in [4.69, 9.17) is 4.42 Å². The maximum atomic E-state index is 11.6. The first-order chi connectivity index (χ1) is 6.75. The summed E-state index contributed by atoms with van der Waals surface area (Å²) >= 11 is 3.15. The van der Waals surface area contributed by atoms with Crippen molar-refractivity contribution in [3.8, 4) is 0 Å². The van der Waals surface area contributed by atoms with Crippen LogP contribution in [0.1, 0.15) is 23.4 Å². The summed E-state index contributed by atoms with van der Waals surface area (Å²) in [4.78, 5) is 11.6. The first kappa shape index (κ1) is 9.52. The predicted molar refractivity (Wildman–Crippen MR) is 56.0 cm³/mol. The topological polar surface area (TPSA) is 42.2 Å². The first-order valence-electron chi connectivity index (χ1n) is 4.47. The summed E-state index contributed by atoms with van der Waals surface area (Å²) in [5.41, 5.74) is 0. The molecule has 0 bridgehead atoms. The highest BCUT2D eigenvalue weighted by molar-refractivity contribution is 9.10. The maximum Gasteiger partial charge on any atom is 0.287 e. The molecule has 0 saturated carbocycles. The summed E-state index contributed by atoms with van der Waals surface area (Å²) in [6.45, 7) is 0. The Balaban J connectivity index is 1.95. The van der Waals surface area contributed by atoms with E-state index in [2.05, 4.69) is 33.4 Å². The number of amides is 1. The quantitative estimate of drug-likeness (QED) is 0.826. The van der Waals surface area contributed by atoms with E-state index in [0.717, 1.165) is 12.8 Å². The smallest absolute Gasteiger partial charge is 0.287 e. The fourth-order valence-electron chi connectivity index (χ4n) is 1.43. The number of hydrogen-bond donors (Lipinski definition) is 1. The van der Waals surface area contributed by atoms with Gasteiger partial charge in [-0.15, -0.1) is 0 Å². The molecule has 1 N–H and O–H groups in total. The molecule has 1 heterocycles. The third-order valence-corrected chi connectivity index (χ3v) is 2.57.